The van der Waals surface area contributed by atoms with Crippen molar-refractivity contribution >= 4 is 0 Å². The molecule has 4 heterocycles. The third-order valence-electron chi connectivity index (χ3n) is 15.5. The molecule has 4 aromatic heterocycles. The normalized spacial score (nSPS) is 13.8. The van der Waals surface area contributed by atoms with Gasteiger partial charge in [0, 0.05) is 68.7 Å². The number of pyridine rings is 2. The van der Waals surface area contributed by atoms with E-state index >= 15 is 0 Å². The lowest BCUT2D eigenvalue weighted by molar-refractivity contribution is 0.755. The van der Waals surface area contributed by atoms with Crippen LogP contribution in [0, 0.1) is 0 Å². The molecule has 2 unspecified atom stereocenters. The number of rotatable bonds is 10. The van der Waals surface area contributed by atoms with Crippen LogP contribution in [0.15, 0.2) is 267 Å². The highest BCUT2D eigenvalue weighted by Crippen LogP contribution is 2.57. The van der Waals surface area contributed by atoms with E-state index in [9.17, 15) is 0 Å². The Morgan fingerprint density at radius 1 is 0.200 bits per heavy atom. The molecule has 13 aromatic rings. The molecule has 0 saturated carbocycles. The van der Waals surface area contributed by atoms with Gasteiger partial charge in [-0.15, -0.1) is 0 Å². The van der Waals surface area contributed by atoms with Crippen LogP contribution in [0.2, 0.25) is 0 Å². The van der Waals surface area contributed by atoms with Crippen LogP contribution >= 0.6 is 0 Å². The zero-order chi connectivity index (χ0) is 52.9. The van der Waals surface area contributed by atoms with E-state index in [0.717, 1.165) is 78.1 Å². The Bertz CT molecular complexity index is 4200. The minimum absolute atomic E-state index is 0.0267. The molecule has 374 valence electrons. The molecule has 2 atom stereocenters. The zero-order valence-electron chi connectivity index (χ0n) is 43.1. The van der Waals surface area contributed by atoms with Crippen molar-refractivity contribution in [1.82, 2.24) is 39.9 Å². The smallest absolute Gasteiger partial charge is 0.164 e. The van der Waals surface area contributed by atoms with Crippen LogP contribution in [-0.4, -0.2) is 39.9 Å². The molecule has 80 heavy (non-hydrogen) atoms. The Balaban J connectivity index is 0.822. The van der Waals surface area contributed by atoms with Crippen molar-refractivity contribution in [2.24, 2.45) is 0 Å². The maximum Gasteiger partial charge on any atom is 0.164 e. The number of aromatic nitrogens is 8. The van der Waals surface area contributed by atoms with Gasteiger partial charge in [0.1, 0.15) is 0 Å². The van der Waals surface area contributed by atoms with Crippen LogP contribution < -0.4 is 0 Å². The van der Waals surface area contributed by atoms with Crippen molar-refractivity contribution in [3.05, 3.63) is 301 Å². The van der Waals surface area contributed by atoms with Gasteiger partial charge >= 0.3 is 0 Å². The average Bonchev–Trinajstić information content (AvgIpc) is 3.66. The standard InChI is InChI=1S/C72H46N8/c1-3-19-45(20-4-1)67-75-69(51-25-17-23-49(41-51)63-33-13-15-39-73-63)79-71(77-67)59-31-11-7-27-53(59)47-35-37-57-61(43-47)65-55-29-9-10-30-56(55)66(57)62-44-48(36-38-58(62)65)54-28-8-12-32-60(54)72-78-68(46-21-5-2-6-22-46)76-70(80-72)52-26-18-24-50(42-52)64-34-14-16-40-74-64/h1-44,65-66H. The fraction of sp³-hybridized carbons (Fsp3) is 0.0278. The van der Waals surface area contributed by atoms with Gasteiger partial charge in [-0.3, -0.25) is 9.97 Å². The first kappa shape index (κ1) is 46.6. The largest absolute Gasteiger partial charge is 0.256 e. The van der Waals surface area contributed by atoms with E-state index in [1.807, 2.05) is 122 Å². The summed E-state index contributed by atoms with van der Waals surface area (Å²) >= 11 is 0. The van der Waals surface area contributed by atoms with E-state index in [4.69, 9.17) is 29.9 Å². The fourth-order valence-electron chi connectivity index (χ4n) is 11.8. The van der Waals surface area contributed by atoms with Gasteiger partial charge in [0.2, 0.25) is 0 Å². The van der Waals surface area contributed by atoms with Crippen molar-refractivity contribution in [3.8, 4) is 113 Å². The average molecular weight is 1020 g/mol. The Labute approximate surface area is 463 Å². The maximum absolute atomic E-state index is 5.26. The molecule has 0 N–H and O–H groups in total. The fourth-order valence-corrected chi connectivity index (χ4v) is 11.8. The first-order chi connectivity index (χ1) is 39.6. The molecule has 2 bridgehead atoms. The van der Waals surface area contributed by atoms with Gasteiger partial charge in [-0.05, 0) is 104 Å². The highest BCUT2D eigenvalue weighted by Gasteiger charge is 2.41. The molecule has 8 nitrogen and oxygen atoms in total. The van der Waals surface area contributed by atoms with Crippen molar-refractivity contribution in [3.63, 3.8) is 0 Å². The second-order valence-electron chi connectivity index (χ2n) is 20.2. The summed E-state index contributed by atoms with van der Waals surface area (Å²) in [4.78, 5) is 40.4. The minimum Gasteiger partial charge on any atom is -0.256 e. The summed E-state index contributed by atoms with van der Waals surface area (Å²) in [5, 5.41) is 0. The Morgan fingerprint density at radius 3 is 0.963 bits per heavy atom. The monoisotopic (exact) mass is 1020 g/mol. The number of hydrogen-bond donors (Lipinski definition) is 0. The second kappa shape index (κ2) is 19.7. The van der Waals surface area contributed by atoms with Crippen LogP contribution in [0.5, 0.6) is 0 Å². The van der Waals surface area contributed by atoms with Gasteiger partial charge in [-0.1, -0.05) is 206 Å². The van der Waals surface area contributed by atoms with E-state index in [2.05, 4.69) is 156 Å². The van der Waals surface area contributed by atoms with Crippen molar-refractivity contribution in [1.29, 1.82) is 0 Å². The summed E-state index contributed by atoms with van der Waals surface area (Å²) < 4.78 is 0. The molecule has 8 heteroatoms. The molecular formula is C72H46N8. The zero-order valence-corrected chi connectivity index (χ0v) is 43.1. The molecule has 0 saturated heterocycles. The van der Waals surface area contributed by atoms with Gasteiger partial charge in [0.25, 0.3) is 0 Å². The lowest BCUT2D eigenvalue weighted by Crippen LogP contribution is -2.27. The van der Waals surface area contributed by atoms with Gasteiger partial charge < -0.3 is 0 Å². The predicted octanol–water partition coefficient (Wildman–Crippen LogP) is 16.5. The molecule has 3 aliphatic rings. The second-order valence-corrected chi connectivity index (χ2v) is 20.2. The third-order valence-corrected chi connectivity index (χ3v) is 15.5. The van der Waals surface area contributed by atoms with E-state index in [1.54, 1.807) is 0 Å². The summed E-state index contributed by atoms with van der Waals surface area (Å²) in [5.74, 6) is 3.68. The summed E-state index contributed by atoms with van der Waals surface area (Å²) in [6.07, 6.45) is 3.63. The van der Waals surface area contributed by atoms with Crippen molar-refractivity contribution in [2.45, 2.75) is 11.8 Å². The van der Waals surface area contributed by atoms with Crippen molar-refractivity contribution < 1.29 is 0 Å². The lowest BCUT2D eigenvalue weighted by atomic mass is 9.60. The van der Waals surface area contributed by atoms with E-state index in [1.165, 1.54) is 33.4 Å². The molecule has 16 rings (SSSR count). The predicted molar refractivity (Wildman–Crippen MR) is 318 cm³/mol. The van der Waals surface area contributed by atoms with Gasteiger partial charge in [0.15, 0.2) is 34.9 Å². The topological polar surface area (TPSA) is 103 Å². The van der Waals surface area contributed by atoms with Crippen LogP contribution in [0.25, 0.3) is 113 Å². The Morgan fingerprint density at radius 2 is 0.537 bits per heavy atom. The summed E-state index contributed by atoms with van der Waals surface area (Å²) in [5.41, 5.74) is 21.5. The number of benzene rings is 9. The Kier molecular flexibility index (Phi) is 11.5. The first-order valence-corrected chi connectivity index (χ1v) is 26.9. The highest BCUT2D eigenvalue weighted by molar-refractivity contribution is 5.86. The maximum atomic E-state index is 5.26. The van der Waals surface area contributed by atoms with Gasteiger partial charge in [-0.25, -0.2) is 29.9 Å². The quantitative estimate of drug-likeness (QED) is 0.133. The number of hydrogen-bond acceptors (Lipinski definition) is 8. The molecule has 0 fully saturated rings. The molecule has 3 aliphatic carbocycles. The molecule has 9 aromatic carbocycles. The minimum atomic E-state index is 0.0267. The highest BCUT2D eigenvalue weighted by atomic mass is 15.0. The van der Waals surface area contributed by atoms with Crippen molar-refractivity contribution in [2.75, 3.05) is 0 Å². The molecule has 0 aliphatic heterocycles. The lowest BCUT2D eigenvalue weighted by Gasteiger charge is -2.42. The van der Waals surface area contributed by atoms with Gasteiger partial charge in [-0.2, -0.15) is 0 Å². The van der Waals surface area contributed by atoms with Crippen LogP contribution in [-0.2, 0) is 0 Å². The third kappa shape index (κ3) is 8.34. The first-order valence-electron chi connectivity index (χ1n) is 26.9. The van der Waals surface area contributed by atoms with Crippen LogP contribution in [0.4, 0.5) is 0 Å². The van der Waals surface area contributed by atoms with E-state index in [0.29, 0.717) is 34.9 Å². The Hall–Kier alpha value is -10.7. The van der Waals surface area contributed by atoms with E-state index < -0.39 is 0 Å². The molecular weight excluding hydrogens is 977 g/mol. The molecule has 0 spiro atoms. The molecule has 0 radical (unpaired) electrons. The summed E-state index contributed by atoms with van der Waals surface area (Å²) in [7, 11) is 0. The molecule has 0 amide bonds. The summed E-state index contributed by atoms with van der Waals surface area (Å²) in [6, 6.07) is 88.8. The summed E-state index contributed by atoms with van der Waals surface area (Å²) in [6.45, 7) is 0. The van der Waals surface area contributed by atoms with E-state index in [-0.39, 0.29) is 11.8 Å². The van der Waals surface area contributed by atoms with Crippen LogP contribution in [0.3, 0.4) is 0 Å². The van der Waals surface area contributed by atoms with Gasteiger partial charge in [0.05, 0.1) is 11.4 Å². The SMILES string of the molecule is c1ccc(-c2nc(-c3cccc(-c4ccccn4)c3)nc(-c3ccccc3-c3ccc4c(c3)C3c5ccccc5C4c4cc(-c5ccccc5-c5nc(-c6ccccc6)nc(-c6cccc(-c7ccccn7)c6)n5)ccc43)n2)cc1. The number of nitrogens with zero attached hydrogens (tertiary/aromatic N) is 8. The van der Waals surface area contributed by atoms with Crippen LogP contribution in [0.1, 0.15) is 45.2 Å².